The SMILES string of the molecule is Cc1cc2nc(SCC(=O)Nc3ccc(N(C)C)cc3)n(-c3ccc(F)cc3)c(=O)c2[nH]1. The van der Waals surface area contributed by atoms with Crippen LogP contribution in [0.3, 0.4) is 0 Å². The van der Waals surface area contributed by atoms with Crippen LogP contribution >= 0.6 is 11.8 Å². The molecule has 0 aliphatic heterocycles. The second-order valence-electron chi connectivity index (χ2n) is 7.50. The van der Waals surface area contributed by atoms with Crippen molar-refractivity contribution >= 4 is 40.1 Å². The number of rotatable bonds is 6. The Morgan fingerprint density at radius 3 is 2.50 bits per heavy atom. The van der Waals surface area contributed by atoms with Gasteiger partial charge in [-0.05, 0) is 61.5 Å². The van der Waals surface area contributed by atoms with Gasteiger partial charge in [-0.2, -0.15) is 0 Å². The third-order valence-corrected chi connectivity index (χ3v) is 5.78. The normalized spacial score (nSPS) is 11.0. The summed E-state index contributed by atoms with van der Waals surface area (Å²) < 4.78 is 14.8. The number of fused-ring (bicyclic) bond motifs is 1. The Morgan fingerprint density at radius 2 is 1.84 bits per heavy atom. The summed E-state index contributed by atoms with van der Waals surface area (Å²) in [5.74, 6) is -0.573. The largest absolute Gasteiger partial charge is 0.378 e. The predicted octanol–water partition coefficient (Wildman–Crippen LogP) is 3.96. The lowest BCUT2D eigenvalue weighted by atomic mass is 10.2. The Bertz CT molecular complexity index is 1330. The maximum atomic E-state index is 13.4. The fourth-order valence-electron chi connectivity index (χ4n) is 3.26. The molecule has 0 atom stereocenters. The number of aryl methyl sites for hydroxylation is 1. The molecule has 0 aliphatic carbocycles. The number of thioether (sulfide) groups is 1. The Hall–Kier alpha value is -3.59. The average Bonchev–Trinajstić information content (AvgIpc) is 3.14. The molecule has 7 nitrogen and oxygen atoms in total. The predicted molar refractivity (Wildman–Crippen MR) is 127 cm³/mol. The molecule has 0 aliphatic rings. The summed E-state index contributed by atoms with van der Waals surface area (Å²) in [5, 5.41) is 3.20. The van der Waals surface area contributed by atoms with E-state index in [1.54, 1.807) is 6.07 Å². The van der Waals surface area contributed by atoms with Crippen LogP contribution in [0.4, 0.5) is 15.8 Å². The van der Waals surface area contributed by atoms with Gasteiger partial charge in [0.2, 0.25) is 5.91 Å². The summed E-state index contributed by atoms with van der Waals surface area (Å²) in [5.41, 5.74) is 3.56. The maximum Gasteiger partial charge on any atom is 0.283 e. The van der Waals surface area contributed by atoms with Crippen LogP contribution in [0.1, 0.15) is 5.69 Å². The number of nitrogens with one attached hydrogen (secondary N) is 2. The molecule has 0 radical (unpaired) electrons. The van der Waals surface area contributed by atoms with Gasteiger partial charge in [-0.3, -0.25) is 14.2 Å². The molecule has 2 aromatic carbocycles. The number of halogens is 1. The van der Waals surface area contributed by atoms with Crippen molar-refractivity contribution in [2.45, 2.75) is 12.1 Å². The molecule has 2 N–H and O–H groups in total. The van der Waals surface area contributed by atoms with Crippen LogP contribution in [-0.2, 0) is 4.79 Å². The highest BCUT2D eigenvalue weighted by Gasteiger charge is 2.16. The molecule has 0 saturated heterocycles. The van der Waals surface area contributed by atoms with Gasteiger partial charge in [0.1, 0.15) is 11.3 Å². The van der Waals surface area contributed by atoms with Gasteiger partial charge < -0.3 is 15.2 Å². The second kappa shape index (κ2) is 8.88. The van der Waals surface area contributed by atoms with Gasteiger partial charge in [-0.15, -0.1) is 0 Å². The molecular weight excluding hydrogens is 429 g/mol. The number of nitrogens with zero attached hydrogens (tertiary/aromatic N) is 3. The minimum atomic E-state index is -0.402. The summed E-state index contributed by atoms with van der Waals surface area (Å²) in [6.07, 6.45) is 0. The van der Waals surface area contributed by atoms with Crippen molar-refractivity contribution in [1.29, 1.82) is 0 Å². The number of anilines is 2. The van der Waals surface area contributed by atoms with Crippen molar-refractivity contribution in [2.24, 2.45) is 0 Å². The van der Waals surface area contributed by atoms with E-state index in [9.17, 15) is 14.0 Å². The van der Waals surface area contributed by atoms with Crippen molar-refractivity contribution in [1.82, 2.24) is 14.5 Å². The minimum Gasteiger partial charge on any atom is -0.378 e. The van der Waals surface area contributed by atoms with Crippen LogP contribution in [0.25, 0.3) is 16.7 Å². The van der Waals surface area contributed by atoms with Gasteiger partial charge in [0.05, 0.1) is 17.0 Å². The second-order valence-corrected chi connectivity index (χ2v) is 8.44. The molecule has 4 rings (SSSR count). The number of carbonyl (C=O) groups excluding carboxylic acids is 1. The van der Waals surface area contributed by atoms with Gasteiger partial charge in [0, 0.05) is 31.2 Å². The first-order chi connectivity index (χ1) is 15.3. The van der Waals surface area contributed by atoms with E-state index in [0.717, 1.165) is 23.1 Å². The third-order valence-electron chi connectivity index (χ3n) is 4.84. The average molecular weight is 452 g/mol. The van der Waals surface area contributed by atoms with Gasteiger partial charge >= 0.3 is 0 Å². The molecule has 32 heavy (non-hydrogen) atoms. The zero-order valence-corrected chi connectivity index (χ0v) is 18.7. The van der Waals surface area contributed by atoms with Crippen LogP contribution in [-0.4, -0.2) is 40.3 Å². The highest BCUT2D eigenvalue weighted by molar-refractivity contribution is 7.99. The molecule has 0 spiro atoms. The summed E-state index contributed by atoms with van der Waals surface area (Å²) in [6, 6.07) is 14.9. The summed E-state index contributed by atoms with van der Waals surface area (Å²) in [4.78, 5) is 35.3. The topological polar surface area (TPSA) is 83.0 Å². The van der Waals surface area contributed by atoms with E-state index in [-0.39, 0.29) is 17.2 Å². The number of hydrogen-bond acceptors (Lipinski definition) is 5. The fourth-order valence-corrected chi connectivity index (χ4v) is 4.07. The van der Waals surface area contributed by atoms with E-state index in [2.05, 4.69) is 15.3 Å². The number of aromatic nitrogens is 3. The van der Waals surface area contributed by atoms with Gasteiger partial charge in [-0.25, -0.2) is 9.37 Å². The van der Waals surface area contributed by atoms with E-state index in [1.807, 2.05) is 50.2 Å². The Balaban J connectivity index is 1.60. The summed E-state index contributed by atoms with van der Waals surface area (Å²) >= 11 is 1.14. The monoisotopic (exact) mass is 451 g/mol. The molecule has 0 unspecified atom stereocenters. The molecule has 2 aromatic heterocycles. The van der Waals surface area contributed by atoms with E-state index >= 15 is 0 Å². The Kier molecular flexibility index (Phi) is 6.00. The summed E-state index contributed by atoms with van der Waals surface area (Å²) in [7, 11) is 3.89. The maximum absolute atomic E-state index is 13.4. The van der Waals surface area contributed by atoms with Crippen LogP contribution in [0, 0.1) is 12.7 Å². The molecule has 2 heterocycles. The summed E-state index contributed by atoms with van der Waals surface area (Å²) in [6.45, 7) is 1.84. The van der Waals surface area contributed by atoms with Gasteiger partial charge in [0.25, 0.3) is 5.56 Å². The van der Waals surface area contributed by atoms with Crippen molar-refractivity contribution in [3.63, 3.8) is 0 Å². The molecule has 164 valence electrons. The molecule has 4 aromatic rings. The molecule has 0 saturated carbocycles. The number of aromatic amines is 1. The Morgan fingerprint density at radius 1 is 1.16 bits per heavy atom. The van der Waals surface area contributed by atoms with Crippen LogP contribution < -0.4 is 15.8 Å². The first-order valence-corrected chi connectivity index (χ1v) is 10.9. The van der Waals surface area contributed by atoms with E-state index < -0.39 is 5.82 Å². The van der Waals surface area contributed by atoms with Crippen molar-refractivity contribution in [2.75, 3.05) is 30.1 Å². The lowest BCUT2D eigenvalue weighted by molar-refractivity contribution is -0.113. The van der Waals surface area contributed by atoms with E-state index in [4.69, 9.17) is 0 Å². The van der Waals surface area contributed by atoms with E-state index in [1.165, 1.54) is 28.8 Å². The first kappa shape index (κ1) is 21.6. The lowest BCUT2D eigenvalue weighted by Crippen LogP contribution is -2.23. The van der Waals surface area contributed by atoms with Gasteiger partial charge in [-0.1, -0.05) is 11.8 Å². The smallest absolute Gasteiger partial charge is 0.283 e. The molecular formula is C23H22FN5O2S. The number of carbonyl (C=O) groups is 1. The van der Waals surface area contributed by atoms with Crippen molar-refractivity contribution < 1.29 is 9.18 Å². The highest BCUT2D eigenvalue weighted by atomic mass is 32.2. The van der Waals surface area contributed by atoms with Crippen LogP contribution in [0.5, 0.6) is 0 Å². The van der Waals surface area contributed by atoms with Crippen LogP contribution in [0.15, 0.2) is 64.5 Å². The third kappa shape index (κ3) is 4.52. The van der Waals surface area contributed by atoms with Crippen molar-refractivity contribution in [3.8, 4) is 5.69 Å². The number of amides is 1. The zero-order valence-electron chi connectivity index (χ0n) is 17.8. The molecule has 0 bridgehead atoms. The Labute approximate surface area is 188 Å². The quantitative estimate of drug-likeness (QED) is 0.343. The first-order valence-electron chi connectivity index (χ1n) is 9.90. The minimum absolute atomic E-state index is 0.0535. The number of benzene rings is 2. The fraction of sp³-hybridized carbons (Fsp3) is 0.174. The number of H-pyrrole nitrogens is 1. The van der Waals surface area contributed by atoms with Crippen molar-refractivity contribution in [3.05, 3.63) is 76.5 Å². The molecule has 9 heteroatoms. The molecule has 1 amide bonds. The highest BCUT2D eigenvalue weighted by Crippen LogP contribution is 2.23. The molecule has 0 fully saturated rings. The lowest BCUT2D eigenvalue weighted by Gasteiger charge is -2.13. The van der Waals surface area contributed by atoms with E-state index in [0.29, 0.717) is 27.6 Å². The zero-order chi connectivity index (χ0) is 22.8. The standard InChI is InChI=1S/C23H22FN5O2S/c1-14-12-19-21(25-14)22(31)29(18-8-4-15(24)5-9-18)23(27-19)32-13-20(30)26-16-6-10-17(11-7-16)28(2)3/h4-12,25H,13H2,1-3H3,(H,26,30). The van der Waals surface area contributed by atoms with Gasteiger partial charge in [0.15, 0.2) is 5.16 Å². The van der Waals surface area contributed by atoms with Crippen LogP contribution in [0.2, 0.25) is 0 Å². The number of hydrogen-bond donors (Lipinski definition) is 2.